The molecule has 1 atom stereocenters. The van der Waals surface area contributed by atoms with Gasteiger partial charge in [0.05, 0.1) is 18.5 Å². The molecule has 264 valence electrons. The molecule has 1 saturated carbocycles. The average Bonchev–Trinajstić information content (AvgIpc) is 3.65. The van der Waals surface area contributed by atoms with Crippen molar-refractivity contribution < 1.29 is 41.8 Å². The Balaban J connectivity index is 1.33. The van der Waals surface area contributed by atoms with Gasteiger partial charge in [-0.25, -0.2) is 4.79 Å². The zero-order chi connectivity index (χ0) is 35.3. The average molecular weight is 674 g/mol. The number of ether oxygens (including phenoxy) is 3. The van der Waals surface area contributed by atoms with Crippen LogP contribution in [0.15, 0.2) is 36.4 Å². The van der Waals surface area contributed by atoms with E-state index >= 15 is 0 Å². The van der Waals surface area contributed by atoms with Crippen LogP contribution in [-0.4, -0.2) is 47.0 Å². The van der Waals surface area contributed by atoms with E-state index in [2.05, 4.69) is 0 Å². The van der Waals surface area contributed by atoms with Crippen LogP contribution in [0.5, 0.6) is 5.75 Å². The van der Waals surface area contributed by atoms with Gasteiger partial charge >= 0.3 is 18.2 Å². The lowest BCUT2D eigenvalue weighted by molar-refractivity contribution is -0.155. The maximum atomic E-state index is 13.9. The smallest absolute Gasteiger partial charge is 0.416 e. The monoisotopic (exact) mass is 673 g/mol. The third-order valence-electron chi connectivity index (χ3n) is 8.74. The highest BCUT2D eigenvalue weighted by Crippen LogP contribution is 2.42. The van der Waals surface area contributed by atoms with Crippen LogP contribution in [0.3, 0.4) is 0 Å². The number of rotatable bonds is 12. The van der Waals surface area contributed by atoms with E-state index in [0.717, 1.165) is 49.7 Å². The van der Waals surface area contributed by atoms with Gasteiger partial charge < -0.3 is 19.1 Å². The molecule has 2 aliphatic carbocycles. The molecule has 0 saturated heterocycles. The summed E-state index contributed by atoms with van der Waals surface area (Å²) in [4.78, 5) is 39.5. The summed E-state index contributed by atoms with van der Waals surface area (Å²) in [6.07, 6.45) is 0.924. The van der Waals surface area contributed by atoms with E-state index in [4.69, 9.17) is 14.2 Å². The summed E-state index contributed by atoms with van der Waals surface area (Å²) in [5.74, 6) is 0.127. The van der Waals surface area contributed by atoms with E-state index in [1.165, 1.54) is 11.0 Å². The van der Waals surface area contributed by atoms with Crippen molar-refractivity contribution in [1.29, 1.82) is 0 Å². The highest BCUT2D eigenvalue weighted by Gasteiger charge is 2.36. The van der Waals surface area contributed by atoms with E-state index in [0.29, 0.717) is 23.3 Å². The summed E-state index contributed by atoms with van der Waals surface area (Å²) in [7, 11) is 0. The van der Waals surface area contributed by atoms with Crippen molar-refractivity contribution >= 4 is 17.8 Å². The minimum absolute atomic E-state index is 0.00673. The van der Waals surface area contributed by atoms with Crippen LogP contribution < -0.4 is 4.74 Å². The molecule has 0 heterocycles. The van der Waals surface area contributed by atoms with Crippen molar-refractivity contribution in [2.75, 3.05) is 13.1 Å². The second-order valence-electron chi connectivity index (χ2n) is 15.1. The lowest BCUT2D eigenvalue weighted by Gasteiger charge is -2.27. The van der Waals surface area contributed by atoms with E-state index in [1.54, 1.807) is 53.7 Å². The van der Waals surface area contributed by atoms with Crippen molar-refractivity contribution in [3.05, 3.63) is 64.2 Å². The van der Waals surface area contributed by atoms with Gasteiger partial charge in [-0.2, -0.15) is 13.2 Å². The number of alkyl halides is 3. The minimum Gasteiger partial charge on any atom is -0.489 e. The number of amides is 1. The first-order chi connectivity index (χ1) is 22.4. The Morgan fingerprint density at radius 3 is 2.15 bits per heavy atom. The lowest BCUT2D eigenvalue weighted by Crippen LogP contribution is -2.41. The number of carbonyl (C=O) groups is 3. The van der Waals surface area contributed by atoms with E-state index in [9.17, 15) is 27.6 Å². The molecule has 0 N–H and O–H groups in total. The van der Waals surface area contributed by atoms with Crippen molar-refractivity contribution in [3.63, 3.8) is 0 Å². The number of nitrogens with zero attached hydrogens (tertiary/aromatic N) is 1. The Morgan fingerprint density at radius 2 is 1.50 bits per heavy atom. The van der Waals surface area contributed by atoms with Gasteiger partial charge in [-0.1, -0.05) is 31.0 Å². The molecular weight excluding hydrogens is 623 g/mol. The molecule has 0 spiro atoms. The second-order valence-corrected chi connectivity index (χ2v) is 15.1. The van der Waals surface area contributed by atoms with Gasteiger partial charge in [0.1, 0.15) is 23.6 Å². The van der Waals surface area contributed by atoms with Crippen LogP contribution in [0.1, 0.15) is 133 Å². The fourth-order valence-corrected chi connectivity index (χ4v) is 6.58. The van der Waals surface area contributed by atoms with Crippen LogP contribution in [0.4, 0.5) is 18.0 Å². The summed E-state index contributed by atoms with van der Waals surface area (Å²) < 4.78 is 58.5. The second kappa shape index (κ2) is 15.3. The molecule has 1 amide bonds. The molecule has 0 bridgehead atoms. The number of fused-ring (bicyclic) bond motifs is 1. The Kier molecular flexibility index (Phi) is 11.9. The molecule has 2 aromatic carbocycles. The van der Waals surface area contributed by atoms with Gasteiger partial charge in [0, 0.05) is 13.0 Å². The van der Waals surface area contributed by atoms with Crippen molar-refractivity contribution in [2.45, 2.75) is 135 Å². The van der Waals surface area contributed by atoms with Crippen molar-refractivity contribution in [1.82, 2.24) is 4.90 Å². The van der Waals surface area contributed by atoms with Crippen LogP contribution >= 0.6 is 0 Å². The first-order valence-corrected chi connectivity index (χ1v) is 17.0. The maximum absolute atomic E-state index is 13.9. The zero-order valence-corrected chi connectivity index (χ0v) is 29.1. The summed E-state index contributed by atoms with van der Waals surface area (Å²) in [5.41, 5.74) is 1.13. The fraction of sp³-hybridized carbons (Fsp3) is 0.605. The molecule has 0 aromatic heterocycles. The molecule has 2 aromatic rings. The van der Waals surface area contributed by atoms with Gasteiger partial charge in [-0.05, 0) is 126 Å². The Hall–Kier alpha value is -3.56. The van der Waals surface area contributed by atoms with E-state index < -0.39 is 35.0 Å². The first kappa shape index (κ1) is 37.3. The molecule has 2 aliphatic rings. The predicted molar refractivity (Wildman–Crippen MR) is 177 cm³/mol. The van der Waals surface area contributed by atoms with Crippen LogP contribution in [-0.2, 0) is 38.3 Å². The van der Waals surface area contributed by atoms with Crippen LogP contribution in [0, 0.1) is 0 Å². The van der Waals surface area contributed by atoms with E-state index in [1.807, 2.05) is 18.2 Å². The molecule has 4 rings (SSSR count). The molecular formula is C38H50F3NO6. The van der Waals surface area contributed by atoms with Gasteiger partial charge in [0.25, 0.3) is 0 Å². The largest absolute Gasteiger partial charge is 0.489 e. The number of ketones is 1. The van der Waals surface area contributed by atoms with Crippen molar-refractivity contribution in [3.8, 4) is 5.75 Å². The number of aryl methyl sites for hydroxylation is 1. The minimum atomic E-state index is -4.41. The topological polar surface area (TPSA) is 82.1 Å². The molecule has 7 nitrogen and oxygen atoms in total. The third kappa shape index (κ3) is 11.0. The van der Waals surface area contributed by atoms with E-state index in [-0.39, 0.29) is 50.2 Å². The molecule has 1 unspecified atom stereocenters. The number of hydrogen-bond donors (Lipinski definition) is 0. The number of carbonyl (C=O) groups excluding carboxylic acids is 3. The van der Waals surface area contributed by atoms with Gasteiger partial charge in [0.15, 0.2) is 5.78 Å². The number of esters is 1. The summed E-state index contributed by atoms with van der Waals surface area (Å²) in [6.45, 7) is 10.4. The number of Topliss-reactive ketones (excluding diaryl/α,β-unsaturated/α-hetero) is 1. The van der Waals surface area contributed by atoms with Crippen LogP contribution in [0.25, 0.3) is 0 Å². The Labute approximate surface area is 282 Å². The summed E-state index contributed by atoms with van der Waals surface area (Å²) in [6, 6.07) is 10.3. The highest BCUT2D eigenvalue weighted by molar-refractivity contribution is 5.84. The Morgan fingerprint density at radius 1 is 0.833 bits per heavy atom. The molecule has 0 radical (unpaired) electrons. The maximum Gasteiger partial charge on any atom is 0.416 e. The molecule has 48 heavy (non-hydrogen) atoms. The number of hydrogen-bond acceptors (Lipinski definition) is 6. The standard InChI is InChI=1S/C38H50F3NO6/c1-36(2,3)47-34(44)19-20-42(35(45)48-37(4,5)6)23-29(43)15-14-27-12-13-28-22-30(16-18-31(27)28)46-24-25-11-17-32(26-9-7-8-10-26)33(21-25)38(39,40)41/h11,16-18,21-22,26-27H,7-10,12-15,19-20,23-24H2,1-6H3. The first-order valence-electron chi connectivity index (χ1n) is 17.0. The zero-order valence-electron chi connectivity index (χ0n) is 29.1. The van der Waals surface area contributed by atoms with Gasteiger partial charge in [0.2, 0.25) is 0 Å². The fourth-order valence-electron chi connectivity index (χ4n) is 6.58. The van der Waals surface area contributed by atoms with Gasteiger partial charge in [-0.3, -0.25) is 9.59 Å². The summed E-state index contributed by atoms with van der Waals surface area (Å²) >= 11 is 0. The SMILES string of the molecule is CC(C)(C)OC(=O)CCN(CC(=O)CCC1CCc2cc(OCc3ccc(C4CCCC4)c(C(F)(F)F)c3)ccc21)C(=O)OC(C)(C)C. The van der Waals surface area contributed by atoms with Gasteiger partial charge in [-0.15, -0.1) is 0 Å². The predicted octanol–water partition coefficient (Wildman–Crippen LogP) is 9.29. The highest BCUT2D eigenvalue weighted by atomic mass is 19.4. The number of benzene rings is 2. The quantitative estimate of drug-likeness (QED) is 0.209. The number of halogens is 3. The molecule has 1 fully saturated rings. The van der Waals surface area contributed by atoms with Crippen molar-refractivity contribution in [2.24, 2.45) is 0 Å². The molecule has 0 aliphatic heterocycles. The summed E-state index contributed by atoms with van der Waals surface area (Å²) in [5, 5.41) is 0. The molecule has 10 heteroatoms. The lowest BCUT2D eigenvalue weighted by atomic mass is 9.91. The van der Waals surface area contributed by atoms with Crippen LogP contribution in [0.2, 0.25) is 0 Å². The third-order valence-corrected chi connectivity index (χ3v) is 8.74. The normalized spacial score (nSPS) is 16.8. The Bertz CT molecular complexity index is 1450.